The number of carbonyl (C=O) groups is 1. The molecule has 0 bridgehead atoms. The van der Waals surface area contributed by atoms with Crippen molar-refractivity contribution in [1.29, 1.82) is 0 Å². The Kier molecular flexibility index (Phi) is 5.32. The van der Waals surface area contributed by atoms with Crippen molar-refractivity contribution in [3.63, 3.8) is 0 Å². The van der Waals surface area contributed by atoms with Crippen LogP contribution in [0.4, 0.5) is 4.39 Å². The maximum Gasteiger partial charge on any atom is 0.310 e. The van der Waals surface area contributed by atoms with Gasteiger partial charge in [0.1, 0.15) is 11.6 Å². The van der Waals surface area contributed by atoms with E-state index in [0.29, 0.717) is 5.56 Å². The molecular formula is C20H18FNO3S. The van der Waals surface area contributed by atoms with Crippen molar-refractivity contribution in [1.82, 2.24) is 4.98 Å². The molecule has 134 valence electrons. The molecule has 1 unspecified atom stereocenters. The molecule has 0 amide bonds. The summed E-state index contributed by atoms with van der Waals surface area (Å²) in [6.45, 7) is 3.63. The quantitative estimate of drug-likeness (QED) is 0.661. The van der Waals surface area contributed by atoms with E-state index in [9.17, 15) is 9.18 Å². The van der Waals surface area contributed by atoms with Crippen molar-refractivity contribution >= 4 is 17.3 Å². The van der Waals surface area contributed by atoms with Crippen LogP contribution in [0.1, 0.15) is 29.0 Å². The second-order valence-corrected chi connectivity index (χ2v) is 7.02. The summed E-state index contributed by atoms with van der Waals surface area (Å²) in [7, 11) is 0. The molecule has 1 aromatic heterocycles. The highest BCUT2D eigenvalue weighted by molar-refractivity contribution is 7.15. The van der Waals surface area contributed by atoms with E-state index in [1.165, 1.54) is 30.4 Å². The van der Waals surface area contributed by atoms with Gasteiger partial charge in [-0.15, -0.1) is 11.3 Å². The average molecular weight is 371 g/mol. The molecule has 0 fully saturated rings. The van der Waals surface area contributed by atoms with Crippen molar-refractivity contribution in [2.45, 2.75) is 26.4 Å². The third-order valence-electron chi connectivity index (χ3n) is 4.10. The molecule has 1 atom stereocenters. The van der Waals surface area contributed by atoms with Gasteiger partial charge in [0.15, 0.2) is 11.6 Å². The summed E-state index contributed by atoms with van der Waals surface area (Å²) in [6, 6.07) is 14.1. The van der Waals surface area contributed by atoms with Crippen LogP contribution in [0.3, 0.4) is 0 Å². The van der Waals surface area contributed by atoms with E-state index >= 15 is 0 Å². The molecule has 0 radical (unpaired) electrons. The zero-order chi connectivity index (χ0) is 18.7. The molecule has 0 spiro atoms. The SMILES string of the molecule is Cc1nc(-c2ccccc2)sc1COc1ccc(C(C)C(=O)O)cc1F. The van der Waals surface area contributed by atoms with Gasteiger partial charge in [0.05, 0.1) is 16.5 Å². The number of ether oxygens (including phenoxy) is 1. The summed E-state index contributed by atoms with van der Waals surface area (Å²) in [5.74, 6) is -2.23. The number of nitrogens with zero attached hydrogens (tertiary/aromatic N) is 1. The summed E-state index contributed by atoms with van der Waals surface area (Å²) >= 11 is 1.51. The highest BCUT2D eigenvalue weighted by atomic mass is 32.1. The maximum absolute atomic E-state index is 14.2. The van der Waals surface area contributed by atoms with Gasteiger partial charge in [0.25, 0.3) is 0 Å². The highest BCUT2D eigenvalue weighted by Crippen LogP contribution is 2.29. The predicted molar refractivity (Wildman–Crippen MR) is 99.1 cm³/mol. The summed E-state index contributed by atoms with van der Waals surface area (Å²) in [4.78, 5) is 16.5. The zero-order valence-corrected chi connectivity index (χ0v) is 15.2. The Morgan fingerprint density at radius 2 is 2.00 bits per heavy atom. The van der Waals surface area contributed by atoms with E-state index in [1.807, 2.05) is 37.3 Å². The fourth-order valence-corrected chi connectivity index (χ4v) is 3.44. The van der Waals surface area contributed by atoms with Crippen molar-refractivity contribution < 1.29 is 19.0 Å². The summed E-state index contributed by atoms with van der Waals surface area (Å²) in [6.07, 6.45) is 0. The Morgan fingerprint density at radius 3 is 2.65 bits per heavy atom. The van der Waals surface area contributed by atoms with E-state index in [1.54, 1.807) is 6.07 Å². The molecule has 0 saturated carbocycles. The van der Waals surface area contributed by atoms with Crippen molar-refractivity contribution in [3.8, 4) is 16.3 Å². The largest absolute Gasteiger partial charge is 0.485 e. The summed E-state index contributed by atoms with van der Waals surface area (Å²) in [5, 5.41) is 9.91. The molecular weight excluding hydrogens is 353 g/mol. The maximum atomic E-state index is 14.2. The first-order valence-electron chi connectivity index (χ1n) is 8.12. The molecule has 0 aliphatic carbocycles. The van der Waals surface area contributed by atoms with Gasteiger partial charge in [-0.1, -0.05) is 36.4 Å². The number of benzene rings is 2. The zero-order valence-electron chi connectivity index (χ0n) is 14.4. The lowest BCUT2D eigenvalue weighted by Crippen LogP contribution is -2.08. The molecule has 0 aliphatic rings. The van der Waals surface area contributed by atoms with Crippen LogP contribution < -0.4 is 4.74 Å². The molecule has 3 aromatic rings. The smallest absolute Gasteiger partial charge is 0.310 e. The predicted octanol–water partition coefficient (Wildman–Crippen LogP) is 5.02. The van der Waals surface area contributed by atoms with Crippen molar-refractivity contribution in [3.05, 3.63) is 70.5 Å². The standard InChI is InChI=1S/C20H18FNO3S/c1-12(20(23)24)15-8-9-17(16(21)10-15)25-11-18-13(2)22-19(26-18)14-6-4-3-5-7-14/h3-10,12H,11H2,1-2H3,(H,23,24). The second kappa shape index (κ2) is 7.66. The van der Waals surface area contributed by atoms with Crippen molar-refractivity contribution in [2.24, 2.45) is 0 Å². The van der Waals surface area contributed by atoms with E-state index in [0.717, 1.165) is 21.1 Å². The number of aromatic nitrogens is 1. The van der Waals surface area contributed by atoms with E-state index in [-0.39, 0.29) is 12.4 Å². The number of rotatable bonds is 6. The van der Waals surface area contributed by atoms with Crippen LogP contribution in [0.25, 0.3) is 10.6 Å². The van der Waals surface area contributed by atoms with Gasteiger partial charge in [0.2, 0.25) is 0 Å². The molecule has 1 N–H and O–H groups in total. The van der Waals surface area contributed by atoms with E-state index in [4.69, 9.17) is 9.84 Å². The number of carboxylic acids is 1. The van der Waals surface area contributed by atoms with Crippen LogP contribution in [0.5, 0.6) is 5.75 Å². The minimum absolute atomic E-state index is 0.0976. The van der Waals surface area contributed by atoms with Crippen LogP contribution in [0, 0.1) is 12.7 Å². The number of hydrogen-bond acceptors (Lipinski definition) is 4. The lowest BCUT2D eigenvalue weighted by Gasteiger charge is -2.10. The summed E-state index contributed by atoms with van der Waals surface area (Å²) in [5.41, 5.74) is 2.29. The third-order valence-corrected chi connectivity index (χ3v) is 5.28. The normalized spacial score (nSPS) is 12.0. The van der Waals surface area contributed by atoms with Gasteiger partial charge < -0.3 is 9.84 Å². The molecule has 1 heterocycles. The van der Waals surface area contributed by atoms with Crippen LogP contribution >= 0.6 is 11.3 Å². The van der Waals surface area contributed by atoms with Crippen LogP contribution in [0.15, 0.2) is 48.5 Å². The fourth-order valence-electron chi connectivity index (χ4n) is 2.46. The van der Waals surface area contributed by atoms with E-state index in [2.05, 4.69) is 4.98 Å². The van der Waals surface area contributed by atoms with Gasteiger partial charge in [-0.25, -0.2) is 9.37 Å². The molecule has 26 heavy (non-hydrogen) atoms. The topological polar surface area (TPSA) is 59.4 Å². The van der Waals surface area contributed by atoms with Gasteiger partial charge >= 0.3 is 5.97 Å². The number of thiazole rings is 1. The monoisotopic (exact) mass is 371 g/mol. The lowest BCUT2D eigenvalue weighted by molar-refractivity contribution is -0.138. The second-order valence-electron chi connectivity index (χ2n) is 5.93. The molecule has 2 aromatic carbocycles. The van der Waals surface area contributed by atoms with Gasteiger partial charge in [0, 0.05) is 5.56 Å². The fraction of sp³-hybridized carbons (Fsp3) is 0.200. The first kappa shape index (κ1) is 18.1. The Hall–Kier alpha value is -2.73. The van der Waals surface area contributed by atoms with Gasteiger partial charge in [-0.2, -0.15) is 0 Å². The minimum atomic E-state index is -0.994. The molecule has 0 saturated heterocycles. The third kappa shape index (κ3) is 3.91. The Morgan fingerprint density at radius 1 is 1.27 bits per heavy atom. The number of aliphatic carboxylic acids is 1. The van der Waals surface area contributed by atoms with Crippen LogP contribution in [-0.2, 0) is 11.4 Å². The number of carboxylic acid groups (broad SMARTS) is 1. The Labute approximate surface area is 154 Å². The first-order chi connectivity index (χ1) is 12.5. The first-order valence-corrected chi connectivity index (χ1v) is 8.94. The Balaban J connectivity index is 1.73. The molecule has 6 heteroatoms. The van der Waals surface area contributed by atoms with Gasteiger partial charge in [-0.3, -0.25) is 4.79 Å². The highest BCUT2D eigenvalue weighted by Gasteiger charge is 2.16. The number of hydrogen-bond donors (Lipinski definition) is 1. The van der Waals surface area contributed by atoms with E-state index < -0.39 is 17.7 Å². The molecule has 4 nitrogen and oxygen atoms in total. The Bertz CT molecular complexity index is 924. The summed E-state index contributed by atoms with van der Waals surface area (Å²) < 4.78 is 19.8. The molecule has 3 rings (SSSR count). The lowest BCUT2D eigenvalue weighted by atomic mass is 10.0. The number of halogens is 1. The van der Waals surface area contributed by atoms with Gasteiger partial charge in [-0.05, 0) is 31.5 Å². The van der Waals surface area contributed by atoms with Crippen LogP contribution in [-0.4, -0.2) is 16.1 Å². The molecule has 0 aliphatic heterocycles. The number of aryl methyl sites for hydroxylation is 1. The van der Waals surface area contributed by atoms with Crippen LogP contribution in [0.2, 0.25) is 0 Å². The van der Waals surface area contributed by atoms with Crippen molar-refractivity contribution in [2.75, 3.05) is 0 Å². The average Bonchev–Trinajstić information content (AvgIpc) is 3.01. The minimum Gasteiger partial charge on any atom is -0.485 e.